The first kappa shape index (κ1) is 13.9. The second-order valence-electron chi connectivity index (χ2n) is 4.46. The summed E-state index contributed by atoms with van der Waals surface area (Å²) < 4.78 is 27.4. The molecule has 0 aliphatic rings. The number of nitrogens with zero attached hydrogens (tertiary/aromatic N) is 1. The predicted molar refractivity (Wildman–Crippen MR) is 65.0 cm³/mol. The molecule has 2 nitrogen and oxygen atoms in total. The molecular weight excluding hydrogens is 224 g/mol. The number of hydrogen-bond donors (Lipinski definition) is 1. The molecule has 1 aromatic carbocycles. The van der Waals surface area contributed by atoms with Crippen LogP contribution in [0.2, 0.25) is 0 Å². The summed E-state index contributed by atoms with van der Waals surface area (Å²) in [7, 11) is 1.67. The van der Waals surface area contributed by atoms with Gasteiger partial charge in [0.05, 0.1) is 6.61 Å². The molecule has 1 unspecified atom stereocenters. The highest BCUT2D eigenvalue weighted by Gasteiger charge is 2.16. The van der Waals surface area contributed by atoms with Crippen LogP contribution in [0.4, 0.5) is 14.5 Å². The number of aliphatic hydroxyl groups is 1. The molecule has 0 radical (unpaired) electrons. The van der Waals surface area contributed by atoms with Gasteiger partial charge in [-0.05, 0) is 23.6 Å². The van der Waals surface area contributed by atoms with Gasteiger partial charge in [-0.25, -0.2) is 8.78 Å². The van der Waals surface area contributed by atoms with Crippen LogP contribution in [0, 0.1) is 17.6 Å². The van der Waals surface area contributed by atoms with Crippen LogP contribution in [-0.2, 0) is 6.61 Å². The van der Waals surface area contributed by atoms with E-state index >= 15 is 0 Å². The van der Waals surface area contributed by atoms with Crippen LogP contribution in [0.1, 0.15) is 25.8 Å². The highest BCUT2D eigenvalue weighted by molar-refractivity contribution is 5.50. The minimum atomic E-state index is -0.625. The number of hydrogen-bond acceptors (Lipinski definition) is 2. The van der Waals surface area contributed by atoms with E-state index in [9.17, 15) is 8.78 Å². The largest absolute Gasteiger partial charge is 0.392 e. The zero-order valence-electron chi connectivity index (χ0n) is 10.5. The molecule has 0 aliphatic heterocycles. The Balaban J connectivity index is 2.97. The Labute approximate surface area is 101 Å². The van der Waals surface area contributed by atoms with Crippen molar-refractivity contribution in [1.29, 1.82) is 0 Å². The van der Waals surface area contributed by atoms with Crippen LogP contribution < -0.4 is 4.90 Å². The van der Waals surface area contributed by atoms with Gasteiger partial charge in [0.2, 0.25) is 0 Å². The van der Waals surface area contributed by atoms with Gasteiger partial charge >= 0.3 is 0 Å². The Bertz CT molecular complexity index is 359. The van der Waals surface area contributed by atoms with Crippen molar-refractivity contribution in [3.8, 4) is 0 Å². The molecule has 96 valence electrons. The van der Waals surface area contributed by atoms with Crippen molar-refractivity contribution in [2.24, 2.45) is 5.92 Å². The lowest BCUT2D eigenvalue weighted by atomic mass is 10.1. The molecule has 1 atom stereocenters. The smallest absolute Gasteiger partial charge is 0.149 e. The van der Waals surface area contributed by atoms with Gasteiger partial charge in [-0.3, -0.25) is 0 Å². The summed E-state index contributed by atoms with van der Waals surface area (Å²) in [6, 6.07) is 2.34. The van der Waals surface area contributed by atoms with Crippen LogP contribution in [0.15, 0.2) is 12.1 Å². The number of rotatable bonds is 5. The van der Waals surface area contributed by atoms with Gasteiger partial charge in [-0.1, -0.05) is 20.3 Å². The standard InChI is InChI=1S/C13H19F2NO/c1-4-9(2)7-16(3)13-11(14)5-10(8-17)6-12(13)15/h5-6,9,17H,4,7-8H2,1-3H3. The Morgan fingerprint density at radius 3 is 2.24 bits per heavy atom. The maximum absolute atomic E-state index is 13.7. The molecule has 0 saturated carbocycles. The number of aliphatic hydroxyl groups excluding tert-OH is 1. The topological polar surface area (TPSA) is 23.5 Å². The van der Waals surface area contributed by atoms with Gasteiger partial charge in [-0.2, -0.15) is 0 Å². The highest BCUT2D eigenvalue weighted by Crippen LogP contribution is 2.25. The van der Waals surface area contributed by atoms with Crippen LogP contribution in [0.5, 0.6) is 0 Å². The molecule has 0 bridgehead atoms. The second kappa shape index (κ2) is 5.96. The molecule has 1 aromatic rings. The van der Waals surface area contributed by atoms with Crippen molar-refractivity contribution in [3.63, 3.8) is 0 Å². The monoisotopic (exact) mass is 243 g/mol. The molecule has 1 rings (SSSR count). The van der Waals surface area contributed by atoms with Crippen LogP contribution >= 0.6 is 0 Å². The third-order valence-electron chi connectivity index (χ3n) is 2.92. The molecule has 17 heavy (non-hydrogen) atoms. The Kier molecular flexibility index (Phi) is 4.87. The summed E-state index contributed by atoms with van der Waals surface area (Å²) in [6.07, 6.45) is 0.961. The van der Waals surface area contributed by atoms with E-state index in [0.29, 0.717) is 12.5 Å². The Morgan fingerprint density at radius 1 is 1.29 bits per heavy atom. The minimum Gasteiger partial charge on any atom is -0.392 e. The van der Waals surface area contributed by atoms with Crippen molar-refractivity contribution < 1.29 is 13.9 Å². The van der Waals surface area contributed by atoms with E-state index in [2.05, 4.69) is 0 Å². The van der Waals surface area contributed by atoms with Crippen LogP contribution in [0.25, 0.3) is 0 Å². The fourth-order valence-corrected chi connectivity index (χ4v) is 1.76. The molecule has 0 aliphatic carbocycles. The lowest BCUT2D eigenvalue weighted by Crippen LogP contribution is -2.25. The molecule has 0 amide bonds. The Hall–Kier alpha value is -1.16. The fourth-order valence-electron chi connectivity index (χ4n) is 1.76. The van der Waals surface area contributed by atoms with Crippen molar-refractivity contribution in [2.45, 2.75) is 26.9 Å². The third-order valence-corrected chi connectivity index (χ3v) is 2.92. The fraction of sp³-hybridized carbons (Fsp3) is 0.538. The molecule has 1 N–H and O–H groups in total. The first-order valence-electron chi connectivity index (χ1n) is 5.79. The molecule has 0 heterocycles. The van der Waals surface area contributed by atoms with Gasteiger partial charge in [0.1, 0.15) is 17.3 Å². The summed E-state index contributed by atoms with van der Waals surface area (Å²) in [4.78, 5) is 1.58. The maximum atomic E-state index is 13.7. The zero-order chi connectivity index (χ0) is 13.0. The van der Waals surface area contributed by atoms with Crippen molar-refractivity contribution in [3.05, 3.63) is 29.3 Å². The second-order valence-corrected chi connectivity index (χ2v) is 4.46. The maximum Gasteiger partial charge on any atom is 0.149 e. The SMILES string of the molecule is CCC(C)CN(C)c1c(F)cc(CO)cc1F. The third kappa shape index (κ3) is 3.40. The minimum absolute atomic E-state index is 0.0255. The van der Waals surface area contributed by atoms with Crippen LogP contribution in [-0.4, -0.2) is 18.7 Å². The zero-order valence-corrected chi connectivity index (χ0v) is 10.5. The molecule has 0 aromatic heterocycles. The van der Waals surface area contributed by atoms with Crippen molar-refractivity contribution in [1.82, 2.24) is 0 Å². The average molecular weight is 243 g/mol. The number of benzene rings is 1. The summed E-state index contributed by atoms with van der Waals surface area (Å²) in [6.45, 7) is 4.32. The molecule has 0 fully saturated rings. The molecule has 0 spiro atoms. The van der Waals surface area contributed by atoms with Crippen LogP contribution in [0.3, 0.4) is 0 Å². The predicted octanol–water partition coefficient (Wildman–Crippen LogP) is 2.94. The van der Waals surface area contributed by atoms with Gasteiger partial charge in [0, 0.05) is 13.6 Å². The van der Waals surface area contributed by atoms with Gasteiger partial charge < -0.3 is 10.0 Å². The van der Waals surface area contributed by atoms with E-state index in [-0.39, 0.29) is 17.9 Å². The lowest BCUT2D eigenvalue weighted by Gasteiger charge is -2.24. The summed E-state index contributed by atoms with van der Waals surface area (Å²) >= 11 is 0. The molecule has 4 heteroatoms. The lowest BCUT2D eigenvalue weighted by molar-refractivity contribution is 0.280. The van der Waals surface area contributed by atoms with E-state index in [1.165, 1.54) is 12.1 Å². The quantitative estimate of drug-likeness (QED) is 0.859. The van der Waals surface area contributed by atoms with E-state index < -0.39 is 11.6 Å². The first-order chi connectivity index (χ1) is 7.99. The van der Waals surface area contributed by atoms with Crippen molar-refractivity contribution >= 4 is 5.69 Å². The van der Waals surface area contributed by atoms with E-state index in [1.54, 1.807) is 11.9 Å². The average Bonchev–Trinajstić information content (AvgIpc) is 2.27. The Morgan fingerprint density at radius 2 is 1.82 bits per heavy atom. The van der Waals surface area contributed by atoms with E-state index in [4.69, 9.17) is 5.11 Å². The van der Waals surface area contributed by atoms with Crippen molar-refractivity contribution in [2.75, 3.05) is 18.5 Å². The van der Waals surface area contributed by atoms with E-state index in [0.717, 1.165) is 6.42 Å². The van der Waals surface area contributed by atoms with Gasteiger partial charge in [0.15, 0.2) is 0 Å². The molecule has 0 saturated heterocycles. The normalized spacial score (nSPS) is 12.6. The summed E-state index contributed by atoms with van der Waals surface area (Å²) in [5.74, 6) is -0.879. The summed E-state index contributed by atoms with van der Waals surface area (Å²) in [5.41, 5.74) is 0.225. The number of anilines is 1. The van der Waals surface area contributed by atoms with Gasteiger partial charge in [0.25, 0.3) is 0 Å². The number of halogens is 2. The summed E-state index contributed by atoms with van der Waals surface area (Å²) in [5, 5.41) is 8.85. The first-order valence-corrected chi connectivity index (χ1v) is 5.79. The van der Waals surface area contributed by atoms with Gasteiger partial charge in [-0.15, -0.1) is 0 Å². The highest BCUT2D eigenvalue weighted by atomic mass is 19.1. The molecular formula is C13H19F2NO. The van der Waals surface area contributed by atoms with E-state index in [1.807, 2.05) is 13.8 Å².